The summed E-state index contributed by atoms with van der Waals surface area (Å²) in [5.41, 5.74) is 2.08. The normalized spacial score (nSPS) is 14.1. The molecule has 3 aromatic rings. The second kappa shape index (κ2) is 9.25. The fourth-order valence-corrected chi connectivity index (χ4v) is 3.82. The molecule has 1 fully saturated rings. The van der Waals surface area contributed by atoms with Crippen LogP contribution in [0.4, 0.5) is 16.3 Å². The predicted molar refractivity (Wildman–Crippen MR) is 124 cm³/mol. The number of anilines is 2. The van der Waals surface area contributed by atoms with Crippen LogP contribution in [0, 0.1) is 5.92 Å². The minimum absolute atomic E-state index is 0.115. The van der Waals surface area contributed by atoms with Crippen LogP contribution < -0.4 is 20.5 Å². The van der Waals surface area contributed by atoms with Gasteiger partial charge in [0.2, 0.25) is 0 Å². The Balaban J connectivity index is 1.48. The number of amides is 2. The number of carbonyl (C=O) groups excluding carboxylic acids is 1. The average Bonchev–Trinajstić information content (AvgIpc) is 2.81. The van der Waals surface area contributed by atoms with Crippen LogP contribution in [0.1, 0.15) is 13.8 Å². The molecule has 0 bridgehead atoms. The smallest absolute Gasteiger partial charge is 0.321 e. The van der Waals surface area contributed by atoms with E-state index in [-0.39, 0.29) is 11.6 Å². The van der Waals surface area contributed by atoms with Crippen LogP contribution in [0.15, 0.2) is 47.5 Å². The van der Waals surface area contributed by atoms with Gasteiger partial charge in [0.1, 0.15) is 5.75 Å². The van der Waals surface area contributed by atoms with Gasteiger partial charge in [-0.05, 0) is 36.2 Å². The predicted octanol–water partition coefficient (Wildman–Crippen LogP) is 2.81. The van der Waals surface area contributed by atoms with Crippen LogP contribution in [0.2, 0.25) is 0 Å². The number of aromatic nitrogens is 3. The van der Waals surface area contributed by atoms with Crippen molar-refractivity contribution in [3.63, 3.8) is 0 Å². The molecule has 2 amide bonds. The Kier molecular flexibility index (Phi) is 6.25. The Morgan fingerprint density at radius 1 is 1.12 bits per heavy atom. The molecule has 0 spiro atoms. The zero-order valence-electron chi connectivity index (χ0n) is 18.6. The molecule has 32 heavy (non-hydrogen) atoms. The summed E-state index contributed by atoms with van der Waals surface area (Å²) in [4.78, 5) is 38.4. The number of nitrogens with one attached hydrogen (secondary N) is 1. The molecule has 1 N–H and O–H groups in total. The van der Waals surface area contributed by atoms with E-state index in [0.717, 1.165) is 16.8 Å². The standard InChI is InChI=1S/C23H28N6O3/c1-16(2)15-29-20-14-24-9-8-19(20)26-21(22(29)30)27-10-12-28(13-11-27)23(31)25-17-4-6-18(32-3)7-5-17/h4-9,14,16H,10-13,15H2,1-3H3,(H,25,31). The van der Waals surface area contributed by atoms with E-state index < -0.39 is 0 Å². The van der Waals surface area contributed by atoms with Gasteiger partial charge in [-0.25, -0.2) is 9.78 Å². The van der Waals surface area contributed by atoms with E-state index in [2.05, 4.69) is 29.1 Å². The third-order valence-corrected chi connectivity index (χ3v) is 5.49. The first-order valence-electron chi connectivity index (χ1n) is 10.8. The van der Waals surface area contributed by atoms with Crippen molar-refractivity contribution >= 4 is 28.6 Å². The Labute approximate surface area is 186 Å². The summed E-state index contributed by atoms with van der Waals surface area (Å²) in [6.07, 6.45) is 3.38. The minimum atomic E-state index is -0.162. The molecular formula is C23H28N6O3. The van der Waals surface area contributed by atoms with Crippen LogP contribution in [0.25, 0.3) is 11.0 Å². The number of nitrogens with zero attached hydrogens (tertiary/aromatic N) is 5. The van der Waals surface area contributed by atoms with Crippen molar-refractivity contribution in [3.05, 3.63) is 53.1 Å². The first-order valence-corrected chi connectivity index (χ1v) is 10.8. The van der Waals surface area contributed by atoms with Crippen molar-refractivity contribution in [1.29, 1.82) is 0 Å². The van der Waals surface area contributed by atoms with Gasteiger partial charge in [0.15, 0.2) is 5.82 Å². The number of pyridine rings is 1. The largest absolute Gasteiger partial charge is 0.497 e. The highest BCUT2D eigenvalue weighted by atomic mass is 16.5. The minimum Gasteiger partial charge on any atom is -0.497 e. The topological polar surface area (TPSA) is 92.6 Å². The molecule has 1 aromatic carbocycles. The first kappa shape index (κ1) is 21.6. The summed E-state index contributed by atoms with van der Waals surface area (Å²) >= 11 is 0. The molecule has 0 saturated carbocycles. The number of carbonyl (C=O) groups is 1. The molecule has 0 atom stereocenters. The maximum absolute atomic E-state index is 13.3. The van der Waals surface area contributed by atoms with Crippen molar-refractivity contribution < 1.29 is 9.53 Å². The Morgan fingerprint density at radius 3 is 2.50 bits per heavy atom. The lowest BCUT2D eigenvalue weighted by atomic mass is 10.2. The van der Waals surface area contributed by atoms with E-state index in [1.165, 1.54) is 0 Å². The lowest BCUT2D eigenvalue weighted by Gasteiger charge is -2.35. The maximum atomic E-state index is 13.3. The van der Waals surface area contributed by atoms with Crippen LogP contribution in [0.5, 0.6) is 5.75 Å². The monoisotopic (exact) mass is 436 g/mol. The lowest BCUT2D eigenvalue weighted by Crippen LogP contribution is -2.51. The van der Waals surface area contributed by atoms with Crippen LogP contribution in [0.3, 0.4) is 0 Å². The van der Waals surface area contributed by atoms with Crippen molar-refractivity contribution in [2.75, 3.05) is 43.5 Å². The van der Waals surface area contributed by atoms with Gasteiger partial charge in [-0.15, -0.1) is 0 Å². The van der Waals surface area contributed by atoms with E-state index >= 15 is 0 Å². The number of hydrogen-bond donors (Lipinski definition) is 1. The lowest BCUT2D eigenvalue weighted by molar-refractivity contribution is 0.208. The Hall–Kier alpha value is -3.62. The fraction of sp³-hybridized carbons (Fsp3) is 0.391. The van der Waals surface area contributed by atoms with Crippen molar-refractivity contribution in [3.8, 4) is 5.75 Å². The molecule has 0 unspecified atom stereocenters. The van der Waals surface area contributed by atoms with Crippen LogP contribution >= 0.6 is 0 Å². The molecule has 4 rings (SSSR count). The molecule has 3 heterocycles. The highest BCUT2D eigenvalue weighted by Crippen LogP contribution is 2.18. The van der Waals surface area contributed by atoms with Gasteiger partial charge in [0, 0.05) is 44.6 Å². The third kappa shape index (κ3) is 4.51. The van der Waals surface area contributed by atoms with Crippen LogP contribution in [-0.4, -0.2) is 58.8 Å². The van der Waals surface area contributed by atoms with E-state index in [1.807, 2.05) is 11.0 Å². The summed E-state index contributed by atoms with van der Waals surface area (Å²) < 4.78 is 6.91. The summed E-state index contributed by atoms with van der Waals surface area (Å²) in [5, 5.41) is 2.91. The zero-order valence-corrected chi connectivity index (χ0v) is 18.6. The highest BCUT2D eigenvalue weighted by molar-refractivity contribution is 5.89. The average molecular weight is 437 g/mol. The van der Waals surface area contributed by atoms with Gasteiger partial charge in [-0.3, -0.25) is 9.78 Å². The molecule has 1 aliphatic heterocycles. The van der Waals surface area contributed by atoms with E-state index in [9.17, 15) is 9.59 Å². The van der Waals surface area contributed by atoms with Gasteiger partial charge in [-0.1, -0.05) is 13.8 Å². The molecule has 1 aliphatic rings. The van der Waals surface area contributed by atoms with Gasteiger partial charge < -0.3 is 24.4 Å². The van der Waals surface area contributed by atoms with E-state index in [1.54, 1.807) is 53.2 Å². The molecular weight excluding hydrogens is 408 g/mol. The molecule has 0 aliphatic carbocycles. The van der Waals surface area contributed by atoms with Crippen molar-refractivity contribution in [2.24, 2.45) is 5.92 Å². The number of hydrogen-bond acceptors (Lipinski definition) is 6. The number of benzene rings is 1. The first-order chi connectivity index (χ1) is 15.5. The molecule has 1 saturated heterocycles. The highest BCUT2D eigenvalue weighted by Gasteiger charge is 2.25. The zero-order chi connectivity index (χ0) is 22.7. The van der Waals surface area contributed by atoms with E-state index in [4.69, 9.17) is 4.74 Å². The molecule has 9 heteroatoms. The van der Waals surface area contributed by atoms with Gasteiger partial charge in [0.25, 0.3) is 5.56 Å². The Morgan fingerprint density at radius 2 is 1.84 bits per heavy atom. The molecule has 9 nitrogen and oxygen atoms in total. The number of piperazine rings is 1. The maximum Gasteiger partial charge on any atom is 0.321 e. The van der Waals surface area contributed by atoms with Crippen LogP contribution in [-0.2, 0) is 6.54 Å². The molecule has 2 aromatic heterocycles. The van der Waals surface area contributed by atoms with Crippen molar-refractivity contribution in [1.82, 2.24) is 19.4 Å². The number of urea groups is 1. The fourth-order valence-electron chi connectivity index (χ4n) is 3.82. The van der Waals surface area contributed by atoms with E-state index in [0.29, 0.717) is 50.1 Å². The Bertz CT molecular complexity index is 1150. The quantitative estimate of drug-likeness (QED) is 0.661. The molecule has 168 valence electrons. The summed E-state index contributed by atoms with van der Waals surface area (Å²) in [7, 11) is 1.60. The second-order valence-corrected chi connectivity index (χ2v) is 8.24. The number of rotatable bonds is 5. The molecule has 0 radical (unpaired) electrons. The number of fused-ring (bicyclic) bond motifs is 1. The van der Waals surface area contributed by atoms with Crippen molar-refractivity contribution in [2.45, 2.75) is 20.4 Å². The number of ether oxygens (including phenoxy) is 1. The summed E-state index contributed by atoms with van der Waals surface area (Å²) in [6, 6.07) is 8.88. The number of methoxy groups -OCH3 is 1. The SMILES string of the molecule is COc1ccc(NC(=O)N2CCN(c3nc4ccncc4n(CC(C)C)c3=O)CC2)cc1. The summed E-state index contributed by atoms with van der Waals surface area (Å²) in [5.74, 6) is 1.47. The summed E-state index contributed by atoms with van der Waals surface area (Å²) in [6.45, 7) is 6.83. The third-order valence-electron chi connectivity index (χ3n) is 5.49. The van der Waals surface area contributed by atoms with Gasteiger partial charge >= 0.3 is 6.03 Å². The van der Waals surface area contributed by atoms with Gasteiger partial charge in [0.05, 0.1) is 24.3 Å². The van der Waals surface area contributed by atoms with Gasteiger partial charge in [-0.2, -0.15) is 0 Å². The second-order valence-electron chi connectivity index (χ2n) is 8.24.